The summed E-state index contributed by atoms with van der Waals surface area (Å²) in [5, 5.41) is 10.2. The lowest BCUT2D eigenvalue weighted by atomic mass is 9.79. The molecule has 0 aliphatic carbocycles. The van der Waals surface area contributed by atoms with Crippen molar-refractivity contribution >= 4 is 0 Å². The predicted octanol–water partition coefficient (Wildman–Crippen LogP) is 4.66. The maximum absolute atomic E-state index is 10.2. The molecule has 0 fully saturated rings. The maximum atomic E-state index is 10.2. The van der Waals surface area contributed by atoms with Gasteiger partial charge in [0.15, 0.2) is 0 Å². The Morgan fingerprint density at radius 1 is 0.765 bits per heavy atom. The minimum absolute atomic E-state index is 0.117. The fourth-order valence-electron chi connectivity index (χ4n) is 3.85. The van der Waals surface area contributed by atoms with Crippen molar-refractivity contribution in [1.82, 2.24) is 0 Å². The van der Waals surface area contributed by atoms with Crippen LogP contribution in [0.3, 0.4) is 0 Å². The fraction of sp³-hybridized carbons (Fsp3) is 0.310. The average Bonchev–Trinajstić information content (AvgIpc) is 2.90. The molecule has 0 saturated carbocycles. The van der Waals surface area contributed by atoms with Gasteiger partial charge in [-0.1, -0.05) is 67.4 Å². The molecule has 0 aromatic heterocycles. The van der Waals surface area contributed by atoms with Gasteiger partial charge < -0.3 is 24.1 Å². The number of hydrogen-bond acceptors (Lipinski definition) is 5. The summed E-state index contributed by atoms with van der Waals surface area (Å²) >= 11 is 0. The van der Waals surface area contributed by atoms with Gasteiger partial charge in [-0.05, 0) is 41.0 Å². The lowest BCUT2D eigenvalue weighted by Crippen LogP contribution is -2.40. The molecule has 3 aromatic carbocycles. The molecule has 0 heterocycles. The van der Waals surface area contributed by atoms with Crippen LogP contribution in [0.2, 0.25) is 0 Å². The van der Waals surface area contributed by atoms with Crippen LogP contribution in [0.4, 0.5) is 0 Å². The third kappa shape index (κ3) is 5.60. The van der Waals surface area contributed by atoms with E-state index >= 15 is 0 Å². The van der Waals surface area contributed by atoms with E-state index in [1.807, 2.05) is 85.8 Å². The van der Waals surface area contributed by atoms with E-state index in [9.17, 15) is 5.11 Å². The molecule has 0 radical (unpaired) electrons. The summed E-state index contributed by atoms with van der Waals surface area (Å²) in [6.07, 6.45) is 5.33. The molecule has 0 spiro atoms. The SMILES string of the molecule is C#CCOCC(C)(CO)COC(c1ccccc1)(c1ccc(OC)cc1)c1ccc(OC)cc1. The molecule has 1 atom stereocenters. The number of terminal acetylenes is 1. The number of aliphatic hydroxyl groups excluding tert-OH is 1. The van der Waals surface area contributed by atoms with Crippen LogP contribution in [0.25, 0.3) is 0 Å². The van der Waals surface area contributed by atoms with Crippen molar-refractivity contribution < 1.29 is 24.1 Å². The van der Waals surface area contributed by atoms with Crippen LogP contribution in [0, 0.1) is 17.8 Å². The Hall–Kier alpha value is -3.30. The molecular formula is C29H32O5. The van der Waals surface area contributed by atoms with Gasteiger partial charge in [0.05, 0.1) is 34.0 Å². The lowest BCUT2D eigenvalue weighted by Gasteiger charge is -2.39. The molecule has 5 heteroatoms. The first-order chi connectivity index (χ1) is 16.5. The van der Waals surface area contributed by atoms with E-state index in [-0.39, 0.29) is 26.4 Å². The highest BCUT2D eigenvalue weighted by molar-refractivity contribution is 5.49. The topological polar surface area (TPSA) is 57.2 Å². The normalized spacial score (nSPS) is 13.0. The van der Waals surface area contributed by atoms with Gasteiger partial charge in [-0.2, -0.15) is 0 Å². The highest BCUT2D eigenvalue weighted by Crippen LogP contribution is 2.42. The Morgan fingerprint density at radius 3 is 1.71 bits per heavy atom. The van der Waals surface area contributed by atoms with Gasteiger partial charge >= 0.3 is 0 Å². The zero-order chi connectivity index (χ0) is 24.4. The Bertz CT molecular complexity index is 1010. The third-order valence-electron chi connectivity index (χ3n) is 5.83. The first kappa shape index (κ1) is 25.3. The van der Waals surface area contributed by atoms with Crippen LogP contribution < -0.4 is 9.47 Å². The summed E-state index contributed by atoms with van der Waals surface area (Å²) in [4.78, 5) is 0. The van der Waals surface area contributed by atoms with Crippen LogP contribution >= 0.6 is 0 Å². The largest absolute Gasteiger partial charge is 0.497 e. The van der Waals surface area contributed by atoms with Gasteiger partial charge in [-0.3, -0.25) is 0 Å². The molecule has 34 heavy (non-hydrogen) atoms. The van der Waals surface area contributed by atoms with Gasteiger partial charge in [0.1, 0.15) is 23.7 Å². The number of aliphatic hydroxyl groups is 1. The second-order valence-corrected chi connectivity index (χ2v) is 8.46. The predicted molar refractivity (Wildman–Crippen MR) is 133 cm³/mol. The van der Waals surface area contributed by atoms with E-state index in [0.29, 0.717) is 0 Å². The standard InChI is InChI=1S/C29H32O5/c1-5-19-33-21-28(2,20-30)22-34-29(23-9-7-6-8-10-23,24-11-15-26(31-3)16-12-24)25-13-17-27(32-4)18-14-25/h1,6-18,30H,19-22H2,2-4H3. The van der Waals surface area contributed by atoms with Crippen molar-refractivity contribution in [3.05, 3.63) is 95.6 Å². The fourth-order valence-corrected chi connectivity index (χ4v) is 3.85. The van der Waals surface area contributed by atoms with Crippen molar-refractivity contribution in [2.24, 2.45) is 5.41 Å². The molecule has 3 aromatic rings. The molecule has 1 N–H and O–H groups in total. The molecule has 0 aliphatic rings. The summed E-state index contributed by atoms with van der Waals surface area (Å²) in [6.45, 7) is 2.47. The van der Waals surface area contributed by atoms with Gasteiger partial charge in [0, 0.05) is 5.41 Å². The van der Waals surface area contributed by atoms with Gasteiger partial charge in [0.2, 0.25) is 0 Å². The van der Waals surface area contributed by atoms with Crippen molar-refractivity contribution in [2.75, 3.05) is 40.6 Å². The minimum Gasteiger partial charge on any atom is -0.497 e. The van der Waals surface area contributed by atoms with Crippen molar-refractivity contribution in [1.29, 1.82) is 0 Å². The molecule has 5 nitrogen and oxygen atoms in total. The summed E-state index contributed by atoms with van der Waals surface area (Å²) in [7, 11) is 3.28. The summed E-state index contributed by atoms with van der Waals surface area (Å²) in [6, 6.07) is 25.7. The highest BCUT2D eigenvalue weighted by Gasteiger charge is 2.40. The van der Waals surface area contributed by atoms with E-state index in [0.717, 1.165) is 28.2 Å². The van der Waals surface area contributed by atoms with Crippen LogP contribution in [-0.2, 0) is 15.1 Å². The molecule has 0 bridgehead atoms. The molecule has 0 aliphatic heterocycles. The quantitative estimate of drug-likeness (QED) is 0.242. The highest BCUT2D eigenvalue weighted by atomic mass is 16.5. The Labute approximate surface area is 202 Å². The summed E-state index contributed by atoms with van der Waals surface area (Å²) in [5.74, 6) is 3.97. The van der Waals surface area contributed by atoms with E-state index in [1.165, 1.54) is 0 Å². The van der Waals surface area contributed by atoms with Gasteiger partial charge in [-0.25, -0.2) is 0 Å². The molecule has 0 saturated heterocycles. The van der Waals surface area contributed by atoms with Crippen LogP contribution in [0.1, 0.15) is 23.6 Å². The van der Waals surface area contributed by atoms with E-state index in [1.54, 1.807) is 14.2 Å². The zero-order valence-electron chi connectivity index (χ0n) is 20.0. The maximum Gasteiger partial charge on any atom is 0.143 e. The average molecular weight is 461 g/mol. The monoisotopic (exact) mass is 460 g/mol. The molecule has 178 valence electrons. The summed E-state index contributed by atoms with van der Waals surface area (Å²) in [5.41, 5.74) is 1.19. The second-order valence-electron chi connectivity index (χ2n) is 8.46. The number of ether oxygens (including phenoxy) is 4. The zero-order valence-corrected chi connectivity index (χ0v) is 20.0. The van der Waals surface area contributed by atoms with E-state index in [2.05, 4.69) is 5.92 Å². The third-order valence-corrected chi connectivity index (χ3v) is 5.83. The van der Waals surface area contributed by atoms with Crippen molar-refractivity contribution in [3.8, 4) is 23.8 Å². The number of methoxy groups -OCH3 is 2. The van der Waals surface area contributed by atoms with Crippen LogP contribution in [0.5, 0.6) is 11.5 Å². The van der Waals surface area contributed by atoms with Crippen molar-refractivity contribution in [3.63, 3.8) is 0 Å². The first-order valence-corrected chi connectivity index (χ1v) is 11.1. The number of rotatable bonds is 12. The molecule has 0 amide bonds. The molecular weight excluding hydrogens is 428 g/mol. The summed E-state index contributed by atoms with van der Waals surface area (Å²) < 4.78 is 23.2. The second kappa shape index (κ2) is 11.7. The molecule has 3 rings (SSSR count). The first-order valence-electron chi connectivity index (χ1n) is 11.1. The Balaban J connectivity index is 2.15. The van der Waals surface area contributed by atoms with E-state index < -0.39 is 11.0 Å². The van der Waals surface area contributed by atoms with Crippen LogP contribution in [0.15, 0.2) is 78.9 Å². The number of hydrogen-bond donors (Lipinski definition) is 1. The lowest BCUT2D eigenvalue weighted by molar-refractivity contribution is -0.0791. The number of benzene rings is 3. The van der Waals surface area contributed by atoms with Gasteiger partial charge in [0.25, 0.3) is 0 Å². The van der Waals surface area contributed by atoms with Crippen molar-refractivity contribution in [2.45, 2.75) is 12.5 Å². The van der Waals surface area contributed by atoms with Crippen LogP contribution in [-0.4, -0.2) is 45.8 Å². The molecule has 1 unspecified atom stereocenters. The Kier molecular flexibility index (Phi) is 8.72. The van der Waals surface area contributed by atoms with Gasteiger partial charge in [-0.15, -0.1) is 6.42 Å². The van der Waals surface area contributed by atoms with E-state index in [4.69, 9.17) is 25.4 Å². The smallest absolute Gasteiger partial charge is 0.143 e. The Morgan fingerprint density at radius 2 is 1.26 bits per heavy atom. The minimum atomic E-state index is -0.956.